The third kappa shape index (κ3) is 6.08. The number of aliphatic carboxylic acids is 1. The van der Waals surface area contributed by atoms with Gasteiger partial charge in [-0.15, -0.1) is 0 Å². The molecule has 7 nitrogen and oxygen atoms in total. The molecule has 0 heterocycles. The third-order valence-electron chi connectivity index (χ3n) is 1.63. The number of nitrogens with one attached hydrogen (secondary N) is 1. The van der Waals surface area contributed by atoms with Crippen LogP contribution >= 0.6 is 0 Å². The predicted octanol–water partition coefficient (Wildman–Crippen LogP) is 0.932. The van der Waals surface area contributed by atoms with Crippen LogP contribution in [-0.2, 0) is 19.1 Å². The first-order valence-corrected chi connectivity index (χ1v) is 5.00. The molecule has 1 amide bonds. The maximum Gasteiger partial charge on any atom is 0.431 e. The van der Waals surface area contributed by atoms with Gasteiger partial charge in [-0.3, -0.25) is 4.84 Å². The van der Waals surface area contributed by atoms with Crippen LogP contribution in [0.1, 0.15) is 27.7 Å². The number of carboxylic acids is 1. The van der Waals surface area contributed by atoms with Gasteiger partial charge < -0.3 is 14.6 Å². The molecule has 100 valence electrons. The number of amides is 1. The van der Waals surface area contributed by atoms with E-state index in [1.807, 2.05) is 5.48 Å². The number of hydrogen-bond donors (Lipinski definition) is 2. The number of rotatable bonds is 5. The van der Waals surface area contributed by atoms with Crippen molar-refractivity contribution in [2.75, 3.05) is 13.7 Å². The second kappa shape index (κ2) is 5.83. The van der Waals surface area contributed by atoms with Crippen LogP contribution in [-0.4, -0.2) is 42.1 Å². The molecule has 0 rings (SSSR count). The summed E-state index contributed by atoms with van der Waals surface area (Å²) in [5.41, 5.74) is -0.423. The SMILES string of the molecule is COC[C@](C)(ONC(=O)OC(C)(C)C)C(=O)O. The van der Waals surface area contributed by atoms with Crippen LogP contribution in [0.2, 0.25) is 0 Å². The molecular weight excluding hydrogens is 230 g/mol. The van der Waals surface area contributed by atoms with Crippen molar-refractivity contribution in [3.05, 3.63) is 0 Å². The van der Waals surface area contributed by atoms with Gasteiger partial charge in [0.05, 0.1) is 6.61 Å². The molecule has 1 atom stereocenters. The summed E-state index contributed by atoms with van der Waals surface area (Å²) in [5, 5.41) is 8.91. The van der Waals surface area contributed by atoms with Gasteiger partial charge in [0.15, 0.2) is 0 Å². The van der Waals surface area contributed by atoms with Crippen molar-refractivity contribution in [3.8, 4) is 0 Å². The lowest BCUT2D eigenvalue weighted by Gasteiger charge is -2.25. The van der Waals surface area contributed by atoms with Crippen LogP contribution in [0.3, 0.4) is 0 Å². The average Bonchev–Trinajstić information content (AvgIpc) is 2.12. The van der Waals surface area contributed by atoms with Crippen LogP contribution in [0.25, 0.3) is 0 Å². The first-order valence-electron chi connectivity index (χ1n) is 5.00. The molecule has 0 fully saturated rings. The van der Waals surface area contributed by atoms with Crippen molar-refractivity contribution in [1.82, 2.24) is 5.48 Å². The fraction of sp³-hybridized carbons (Fsp3) is 0.800. The zero-order valence-corrected chi connectivity index (χ0v) is 10.7. The molecule has 0 saturated carbocycles. The van der Waals surface area contributed by atoms with E-state index in [9.17, 15) is 9.59 Å². The Labute approximate surface area is 100.0 Å². The summed E-state index contributed by atoms with van der Waals surface area (Å²) in [6, 6.07) is 0. The minimum absolute atomic E-state index is 0.210. The number of carbonyl (C=O) groups excluding carboxylic acids is 1. The topological polar surface area (TPSA) is 94.1 Å². The number of hydrogen-bond acceptors (Lipinski definition) is 5. The number of hydroxylamine groups is 1. The van der Waals surface area contributed by atoms with Gasteiger partial charge in [-0.25, -0.2) is 9.59 Å². The largest absolute Gasteiger partial charge is 0.479 e. The Hall–Kier alpha value is -1.34. The van der Waals surface area contributed by atoms with Crippen LogP contribution in [0.5, 0.6) is 0 Å². The molecule has 0 bridgehead atoms. The maximum atomic E-state index is 11.2. The van der Waals surface area contributed by atoms with E-state index in [2.05, 4.69) is 0 Å². The highest BCUT2D eigenvalue weighted by molar-refractivity contribution is 5.77. The van der Waals surface area contributed by atoms with E-state index in [-0.39, 0.29) is 6.61 Å². The summed E-state index contributed by atoms with van der Waals surface area (Å²) in [4.78, 5) is 26.9. The average molecular weight is 249 g/mol. The second-order valence-corrected chi connectivity index (χ2v) is 4.68. The molecule has 7 heteroatoms. The molecule has 0 aliphatic rings. The maximum absolute atomic E-state index is 11.2. The van der Waals surface area contributed by atoms with E-state index < -0.39 is 23.3 Å². The quantitative estimate of drug-likeness (QED) is 0.704. The number of carboxylic acid groups (broad SMARTS) is 1. The second-order valence-electron chi connectivity index (χ2n) is 4.68. The fourth-order valence-corrected chi connectivity index (χ4v) is 0.864. The van der Waals surface area contributed by atoms with E-state index in [1.165, 1.54) is 14.0 Å². The zero-order valence-electron chi connectivity index (χ0n) is 10.7. The van der Waals surface area contributed by atoms with Gasteiger partial charge in [0.2, 0.25) is 5.60 Å². The first-order chi connectivity index (χ1) is 7.60. The molecule has 0 aromatic heterocycles. The van der Waals surface area contributed by atoms with Gasteiger partial charge in [-0.2, -0.15) is 5.48 Å². The zero-order chi connectivity index (χ0) is 13.7. The van der Waals surface area contributed by atoms with E-state index >= 15 is 0 Å². The summed E-state index contributed by atoms with van der Waals surface area (Å²) in [5.74, 6) is -1.25. The Bertz CT molecular complexity index is 285. The fourth-order valence-electron chi connectivity index (χ4n) is 0.864. The lowest BCUT2D eigenvalue weighted by molar-refractivity contribution is -0.180. The minimum atomic E-state index is -1.66. The lowest BCUT2D eigenvalue weighted by atomic mass is 10.1. The minimum Gasteiger partial charge on any atom is -0.479 e. The van der Waals surface area contributed by atoms with Gasteiger partial charge in [0.1, 0.15) is 5.60 Å². The molecule has 0 aromatic rings. The summed E-state index contributed by atoms with van der Waals surface area (Å²) >= 11 is 0. The van der Waals surface area contributed by atoms with Crippen LogP contribution in [0.4, 0.5) is 4.79 Å². The van der Waals surface area contributed by atoms with Crippen LogP contribution in [0.15, 0.2) is 0 Å². The summed E-state index contributed by atoms with van der Waals surface area (Å²) in [6.07, 6.45) is -0.860. The Morgan fingerprint density at radius 3 is 2.12 bits per heavy atom. The predicted molar refractivity (Wildman–Crippen MR) is 58.4 cm³/mol. The molecule has 0 aliphatic carbocycles. The monoisotopic (exact) mass is 249 g/mol. The summed E-state index contributed by atoms with van der Waals surface area (Å²) < 4.78 is 9.59. The van der Waals surface area contributed by atoms with Gasteiger partial charge in [-0.05, 0) is 27.7 Å². The normalized spacial score (nSPS) is 14.9. The number of ether oxygens (including phenoxy) is 2. The van der Waals surface area contributed by atoms with Gasteiger partial charge in [0.25, 0.3) is 0 Å². The Morgan fingerprint density at radius 2 is 1.76 bits per heavy atom. The Balaban J connectivity index is 4.33. The molecule has 0 unspecified atom stereocenters. The molecule has 0 spiro atoms. The third-order valence-corrected chi connectivity index (χ3v) is 1.63. The highest BCUT2D eigenvalue weighted by Gasteiger charge is 2.36. The highest BCUT2D eigenvalue weighted by atomic mass is 16.7. The molecule has 0 radical (unpaired) electrons. The standard InChI is InChI=1S/C10H19NO6/c1-9(2,3)16-8(14)11-17-10(4,6-15-5)7(12)13/h6H2,1-5H3,(H,11,14)(H,12,13)/t10-/m0/s1. The highest BCUT2D eigenvalue weighted by Crippen LogP contribution is 2.11. The number of methoxy groups -OCH3 is 1. The van der Waals surface area contributed by atoms with Gasteiger partial charge in [-0.1, -0.05) is 0 Å². The smallest absolute Gasteiger partial charge is 0.431 e. The molecule has 2 N–H and O–H groups in total. The van der Waals surface area contributed by atoms with E-state index in [0.717, 1.165) is 0 Å². The van der Waals surface area contributed by atoms with Crippen molar-refractivity contribution in [2.24, 2.45) is 0 Å². The van der Waals surface area contributed by atoms with Crippen molar-refractivity contribution < 1.29 is 29.0 Å². The van der Waals surface area contributed by atoms with Crippen molar-refractivity contribution in [1.29, 1.82) is 0 Å². The van der Waals surface area contributed by atoms with E-state index in [1.54, 1.807) is 20.8 Å². The van der Waals surface area contributed by atoms with Crippen molar-refractivity contribution >= 4 is 12.1 Å². The van der Waals surface area contributed by atoms with Gasteiger partial charge >= 0.3 is 12.1 Å². The van der Waals surface area contributed by atoms with E-state index in [0.29, 0.717) is 0 Å². The molecular formula is C10H19NO6. The lowest BCUT2D eigenvalue weighted by Crippen LogP contribution is -2.48. The Morgan fingerprint density at radius 1 is 1.24 bits per heavy atom. The van der Waals surface area contributed by atoms with Crippen LogP contribution in [0, 0.1) is 0 Å². The molecule has 0 aromatic carbocycles. The summed E-state index contributed by atoms with van der Waals surface area (Å²) in [6.45, 7) is 6.10. The van der Waals surface area contributed by atoms with Crippen molar-refractivity contribution in [2.45, 2.75) is 38.9 Å². The molecule has 17 heavy (non-hydrogen) atoms. The molecule has 0 aliphatic heterocycles. The van der Waals surface area contributed by atoms with Gasteiger partial charge in [0, 0.05) is 7.11 Å². The Kier molecular flexibility index (Phi) is 5.37. The van der Waals surface area contributed by atoms with E-state index in [4.69, 9.17) is 19.4 Å². The molecule has 0 saturated heterocycles. The number of carbonyl (C=O) groups is 2. The van der Waals surface area contributed by atoms with Crippen LogP contribution < -0.4 is 5.48 Å². The first kappa shape index (κ1) is 15.7. The van der Waals surface area contributed by atoms with Crippen molar-refractivity contribution in [3.63, 3.8) is 0 Å². The summed E-state index contributed by atoms with van der Waals surface area (Å²) in [7, 11) is 1.33.